The van der Waals surface area contributed by atoms with Crippen LogP contribution in [0.15, 0.2) is 24.3 Å². The maximum absolute atomic E-state index is 14.1. The van der Waals surface area contributed by atoms with Gasteiger partial charge in [-0.2, -0.15) is 9.97 Å². The van der Waals surface area contributed by atoms with Gasteiger partial charge in [-0.3, -0.25) is 0 Å². The number of aromatic nitrogens is 2. The van der Waals surface area contributed by atoms with Crippen molar-refractivity contribution in [1.82, 2.24) is 15.3 Å². The molecule has 0 unspecified atom stereocenters. The molecule has 3 rings (SSSR count). The highest BCUT2D eigenvalue weighted by Gasteiger charge is 2.22. The first kappa shape index (κ1) is 13.6. The van der Waals surface area contributed by atoms with Crippen molar-refractivity contribution in [3.63, 3.8) is 0 Å². The summed E-state index contributed by atoms with van der Waals surface area (Å²) < 4.78 is 14.1. The molecule has 1 aliphatic heterocycles. The van der Waals surface area contributed by atoms with E-state index in [1.54, 1.807) is 18.2 Å². The van der Waals surface area contributed by atoms with Crippen LogP contribution in [-0.4, -0.2) is 36.1 Å². The molecule has 1 saturated heterocycles. The van der Waals surface area contributed by atoms with Crippen molar-refractivity contribution in [2.24, 2.45) is 0 Å². The molecule has 21 heavy (non-hydrogen) atoms. The number of halogens is 1. The van der Waals surface area contributed by atoms with Crippen LogP contribution in [0.1, 0.15) is 0 Å². The number of nitrogen functional groups attached to an aromatic ring is 2. The van der Waals surface area contributed by atoms with Crippen molar-refractivity contribution in [2.75, 3.05) is 42.5 Å². The van der Waals surface area contributed by atoms with Gasteiger partial charge >= 0.3 is 0 Å². The largest absolute Gasteiger partial charge is 0.383 e. The highest BCUT2D eigenvalue weighted by Crippen LogP contribution is 2.35. The second-order valence-electron chi connectivity index (χ2n) is 4.88. The number of nitrogens with zero attached hydrogens (tertiary/aromatic N) is 3. The van der Waals surface area contributed by atoms with Crippen molar-refractivity contribution < 1.29 is 4.39 Å². The highest BCUT2D eigenvalue weighted by molar-refractivity contribution is 5.85. The van der Waals surface area contributed by atoms with Gasteiger partial charge in [0.25, 0.3) is 0 Å². The van der Waals surface area contributed by atoms with Gasteiger partial charge in [0, 0.05) is 31.7 Å². The Morgan fingerprint density at radius 1 is 1.10 bits per heavy atom. The van der Waals surface area contributed by atoms with Crippen LogP contribution in [0.5, 0.6) is 0 Å². The SMILES string of the molecule is Nc1nc(N)c(-c2ccccc2F)c(N2CCNCC2)n1. The van der Waals surface area contributed by atoms with Crippen molar-refractivity contribution in [3.8, 4) is 11.1 Å². The molecule has 2 aromatic rings. The van der Waals surface area contributed by atoms with Crippen molar-refractivity contribution in [3.05, 3.63) is 30.1 Å². The Bertz CT molecular complexity index is 654. The van der Waals surface area contributed by atoms with Gasteiger partial charge < -0.3 is 21.7 Å². The van der Waals surface area contributed by atoms with E-state index in [1.807, 2.05) is 4.90 Å². The summed E-state index contributed by atoms with van der Waals surface area (Å²) in [6, 6.07) is 6.46. The summed E-state index contributed by atoms with van der Waals surface area (Å²) in [6.45, 7) is 3.19. The molecule has 1 aromatic carbocycles. The number of nitrogens with two attached hydrogens (primary N) is 2. The molecule has 1 aromatic heterocycles. The Balaban J connectivity index is 2.16. The Morgan fingerprint density at radius 3 is 2.52 bits per heavy atom. The van der Waals surface area contributed by atoms with Gasteiger partial charge in [-0.25, -0.2) is 4.39 Å². The molecule has 0 aliphatic carbocycles. The van der Waals surface area contributed by atoms with E-state index < -0.39 is 0 Å². The lowest BCUT2D eigenvalue weighted by atomic mass is 10.1. The lowest BCUT2D eigenvalue weighted by molar-refractivity contribution is 0.585. The van der Waals surface area contributed by atoms with Crippen molar-refractivity contribution >= 4 is 17.6 Å². The summed E-state index contributed by atoms with van der Waals surface area (Å²) in [7, 11) is 0. The lowest BCUT2D eigenvalue weighted by Crippen LogP contribution is -2.44. The number of piperazine rings is 1. The Morgan fingerprint density at radius 2 is 1.81 bits per heavy atom. The van der Waals surface area contributed by atoms with Gasteiger partial charge in [0.15, 0.2) is 0 Å². The van der Waals surface area contributed by atoms with Gasteiger partial charge in [0.1, 0.15) is 17.5 Å². The molecule has 110 valence electrons. The van der Waals surface area contributed by atoms with Crippen molar-refractivity contribution in [2.45, 2.75) is 0 Å². The van der Waals surface area contributed by atoms with Gasteiger partial charge in [-0.15, -0.1) is 0 Å². The van der Waals surface area contributed by atoms with E-state index in [-0.39, 0.29) is 17.6 Å². The molecule has 5 N–H and O–H groups in total. The monoisotopic (exact) mass is 288 g/mol. The first-order valence-corrected chi connectivity index (χ1v) is 6.80. The second kappa shape index (κ2) is 5.53. The molecule has 2 heterocycles. The number of anilines is 3. The van der Waals surface area contributed by atoms with Gasteiger partial charge in [-0.1, -0.05) is 18.2 Å². The minimum atomic E-state index is -0.353. The first-order chi connectivity index (χ1) is 10.2. The highest BCUT2D eigenvalue weighted by atomic mass is 19.1. The van der Waals surface area contributed by atoms with Gasteiger partial charge in [0.05, 0.1) is 5.56 Å². The number of rotatable bonds is 2. The molecule has 0 saturated carbocycles. The van der Waals surface area contributed by atoms with Crippen LogP contribution in [0.3, 0.4) is 0 Å². The first-order valence-electron chi connectivity index (χ1n) is 6.80. The van der Waals surface area contributed by atoms with Gasteiger partial charge in [-0.05, 0) is 6.07 Å². The smallest absolute Gasteiger partial charge is 0.223 e. The minimum absolute atomic E-state index is 0.0983. The average molecular weight is 288 g/mol. The van der Waals surface area contributed by atoms with Crippen LogP contribution in [0, 0.1) is 5.82 Å². The van der Waals surface area contributed by atoms with E-state index in [4.69, 9.17) is 11.5 Å². The van der Waals surface area contributed by atoms with Crippen LogP contribution in [0.4, 0.5) is 22.0 Å². The number of hydrogen-bond donors (Lipinski definition) is 3. The van der Waals surface area contributed by atoms with Crippen LogP contribution < -0.4 is 21.7 Å². The van der Waals surface area contributed by atoms with E-state index >= 15 is 0 Å². The van der Waals surface area contributed by atoms with E-state index in [0.717, 1.165) is 26.2 Å². The molecule has 0 bridgehead atoms. The molecule has 0 amide bonds. The molecule has 0 atom stereocenters. The molecule has 7 heteroatoms. The third kappa shape index (κ3) is 2.59. The van der Waals surface area contributed by atoms with Crippen LogP contribution >= 0.6 is 0 Å². The third-order valence-electron chi connectivity index (χ3n) is 3.49. The van der Waals surface area contributed by atoms with Crippen LogP contribution in [-0.2, 0) is 0 Å². The number of hydrogen-bond acceptors (Lipinski definition) is 6. The summed E-state index contributed by atoms with van der Waals surface area (Å²) in [6.07, 6.45) is 0. The fourth-order valence-corrected chi connectivity index (χ4v) is 2.51. The summed E-state index contributed by atoms with van der Waals surface area (Å²) >= 11 is 0. The van der Waals surface area contributed by atoms with Gasteiger partial charge in [0.2, 0.25) is 5.95 Å². The maximum atomic E-state index is 14.1. The zero-order valence-electron chi connectivity index (χ0n) is 11.5. The third-order valence-corrected chi connectivity index (χ3v) is 3.49. The fourth-order valence-electron chi connectivity index (χ4n) is 2.51. The molecule has 0 spiro atoms. The summed E-state index contributed by atoms with van der Waals surface area (Å²) in [5, 5.41) is 3.26. The van der Waals surface area contributed by atoms with E-state index in [2.05, 4.69) is 15.3 Å². The van der Waals surface area contributed by atoms with Crippen LogP contribution in [0.2, 0.25) is 0 Å². The number of nitrogens with one attached hydrogen (secondary N) is 1. The molecular formula is C14H17FN6. The lowest BCUT2D eigenvalue weighted by Gasteiger charge is -2.30. The zero-order chi connectivity index (χ0) is 14.8. The fraction of sp³-hybridized carbons (Fsp3) is 0.286. The Hall–Kier alpha value is -2.41. The zero-order valence-corrected chi connectivity index (χ0v) is 11.5. The average Bonchev–Trinajstić information content (AvgIpc) is 2.49. The summed E-state index contributed by atoms with van der Waals surface area (Å²) in [4.78, 5) is 10.3. The predicted molar refractivity (Wildman–Crippen MR) is 81.3 cm³/mol. The molecular weight excluding hydrogens is 271 g/mol. The van der Waals surface area contributed by atoms with E-state index in [1.165, 1.54) is 6.07 Å². The van der Waals surface area contributed by atoms with E-state index in [9.17, 15) is 4.39 Å². The Labute approximate surface area is 122 Å². The maximum Gasteiger partial charge on any atom is 0.223 e. The molecule has 1 fully saturated rings. The summed E-state index contributed by atoms with van der Waals surface area (Å²) in [5.74, 6) is 0.530. The summed E-state index contributed by atoms with van der Waals surface area (Å²) in [5.41, 5.74) is 12.6. The normalized spacial score (nSPS) is 15.2. The van der Waals surface area contributed by atoms with Crippen LogP contribution in [0.25, 0.3) is 11.1 Å². The second-order valence-corrected chi connectivity index (χ2v) is 4.88. The minimum Gasteiger partial charge on any atom is -0.383 e. The predicted octanol–water partition coefficient (Wildman–Crippen LogP) is 0.857. The number of benzene rings is 1. The van der Waals surface area contributed by atoms with Crippen molar-refractivity contribution in [1.29, 1.82) is 0 Å². The quantitative estimate of drug-likeness (QED) is 0.759. The Kier molecular flexibility index (Phi) is 3.57. The topological polar surface area (TPSA) is 93.1 Å². The molecule has 1 aliphatic rings. The van der Waals surface area contributed by atoms with E-state index in [0.29, 0.717) is 16.9 Å². The molecule has 6 nitrogen and oxygen atoms in total. The molecule has 0 radical (unpaired) electrons. The standard InChI is InChI=1S/C14H17FN6/c15-10-4-2-1-3-9(10)11-12(16)19-14(17)20-13(11)21-7-5-18-6-8-21/h1-4,18H,5-8H2,(H4,16,17,19,20).